The summed E-state index contributed by atoms with van der Waals surface area (Å²) in [7, 11) is -3.85. The highest BCUT2D eigenvalue weighted by Crippen LogP contribution is 2.36. The molecule has 27 heavy (non-hydrogen) atoms. The van der Waals surface area contributed by atoms with Gasteiger partial charge in [0.1, 0.15) is 5.82 Å². The Kier molecular flexibility index (Phi) is 5.17. The zero-order valence-corrected chi connectivity index (χ0v) is 15.8. The average molecular weight is 389 g/mol. The summed E-state index contributed by atoms with van der Waals surface area (Å²) >= 11 is 0. The molecule has 0 heterocycles. The smallest absolute Gasteiger partial charge is 0.307 e. The Morgan fingerprint density at radius 3 is 2.44 bits per heavy atom. The maximum absolute atomic E-state index is 13.1. The van der Waals surface area contributed by atoms with Crippen molar-refractivity contribution in [2.24, 2.45) is 0 Å². The van der Waals surface area contributed by atoms with Crippen LogP contribution in [-0.2, 0) is 21.2 Å². The molecule has 7 heteroatoms. The van der Waals surface area contributed by atoms with E-state index in [4.69, 9.17) is 0 Å². The normalized spacial score (nSPS) is 15.9. The molecule has 0 bridgehead atoms. The number of fused-ring (bicyclic) bond motifs is 1. The van der Waals surface area contributed by atoms with Crippen LogP contribution in [0.15, 0.2) is 47.4 Å². The highest BCUT2D eigenvalue weighted by atomic mass is 32.2. The van der Waals surface area contributed by atoms with E-state index in [1.807, 2.05) is 26.0 Å². The predicted molar refractivity (Wildman–Crippen MR) is 100 cm³/mol. The highest BCUT2D eigenvalue weighted by molar-refractivity contribution is 7.89. The van der Waals surface area contributed by atoms with Crippen molar-refractivity contribution in [3.8, 4) is 0 Å². The number of halogens is 1. The second-order valence-electron chi connectivity index (χ2n) is 6.77. The minimum Gasteiger partial charge on any atom is -0.481 e. The molecule has 3 rings (SSSR count). The van der Waals surface area contributed by atoms with Crippen LogP contribution < -0.4 is 4.72 Å². The van der Waals surface area contributed by atoms with Crippen LogP contribution in [0.1, 0.15) is 48.1 Å². The van der Waals surface area contributed by atoms with Crippen LogP contribution in [0.3, 0.4) is 0 Å². The molecule has 0 saturated heterocycles. The van der Waals surface area contributed by atoms with E-state index < -0.39 is 27.9 Å². The lowest BCUT2D eigenvalue weighted by molar-refractivity contribution is -0.136. The first-order chi connectivity index (χ1) is 12.7. The maximum Gasteiger partial charge on any atom is 0.307 e. The Bertz CT molecular complexity index is 1010. The third-order valence-electron chi connectivity index (χ3n) is 4.57. The number of rotatable bonds is 6. The van der Waals surface area contributed by atoms with Gasteiger partial charge in [-0.25, -0.2) is 12.8 Å². The summed E-state index contributed by atoms with van der Waals surface area (Å²) in [5, 5.41) is 9.26. The lowest BCUT2D eigenvalue weighted by Gasteiger charge is -2.19. The van der Waals surface area contributed by atoms with Crippen molar-refractivity contribution in [1.29, 1.82) is 0 Å². The lowest BCUT2D eigenvalue weighted by atomic mass is 9.89. The molecule has 0 amide bonds. The summed E-state index contributed by atoms with van der Waals surface area (Å²) in [5.74, 6) is -1.30. The third-order valence-corrected chi connectivity index (χ3v) is 6.03. The molecule has 0 fully saturated rings. The molecule has 1 atom stereocenters. The number of carboxylic acids is 1. The number of nitrogens with one attached hydrogen (secondary N) is 1. The van der Waals surface area contributed by atoms with Crippen molar-refractivity contribution >= 4 is 22.1 Å². The molecule has 0 aromatic heterocycles. The van der Waals surface area contributed by atoms with E-state index in [9.17, 15) is 22.7 Å². The van der Waals surface area contributed by atoms with Crippen LogP contribution in [-0.4, -0.2) is 19.5 Å². The highest BCUT2D eigenvalue weighted by Gasteiger charge is 2.27. The van der Waals surface area contributed by atoms with Gasteiger partial charge < -0.3 is 5.11 Å². The summed E-state index contributed by atoms with van der Waals surface area (Å²) in [6.07, 6.45) is 3.33. The minimum atomic E-state index is -3.85. The van der Waals surface area contributed by atoms with E-state index in [2.05, 4.69) is 4.72 Å². The molecule has 142 valence electrons. The SMILES string of the molecule is CC(C)c1ccc2c(c1CC(=O)O)C=CC2NS(=O)(=O)c1ccc(F)cc1. The van der Waals surface area contributed by atoms with Crippen molar-refractivity contribution in [2.45, 2.75) is 37.1 Å². The van der Waals surface area contributed by atoms with Gasteiger partial charge in [-0.15, -0.1) is 0 Å². The number of benzene rings is 2. The zero-order chi connectivity index (χ0) is 19.8. The molecular weight excluding hydrogens is 369 g/mol. The Hall–Kier alpha value is -2.51. The Morgan fingerprint density at radius 1 is 1.19 bits per heavy atom. The van der Waals surface area contributed by atoms with Gasteiger partial charge >= 0.3 is 5.97 Å². The number of carbonyl (C=O) groups is 1. The van der Waals surface area contributed by atoms with Crippen molar-refractivity contribution in [2.75, 3.05) is 0 Å². The first-order valence-electron chi connectivity index (χ1n) is 8.52. The van der Waals surface area contributed by atoms with Crippen molar-refractivity contribution in [3.63, 3.8) is 0 Å². The summed E-state index contributed by atoms with van der Waals surface area (Å²) in [5.41, 5.74) is 3.09. The molecule has 2 N–H and O–H groups in total. The van der Waals surface area contributed by atoms with E-state index in [0.29, 0.717) is 11.1 Å². The van der Waals surface area contributed by atoms with Crippen LogP contribution in [0.2, 0.25) is 0 Å². The van der Waals surface area contributed by atoms with Gasteiger partial charge in [-0.3, -0.25) is 4.79 Å². The first-order valence-corrected chi connectivity index (χ1v) is 10.0. The van der Waals surface area contributed by atoms with E-state index in [1.54, 1.807) is 12.2 Å². The standard InChI is InChI=1S/C20H20FNO4S/c1-12(2)15-7-8-17-16(18(15)11-20(23)24)9-10-19(17)22-27(25,26)14-5-3-13(21)4-6-14/h3-10,12,19,22H,11H2,1-2H3,(H,23,24). The number of hydrogen-bond acceptors (Lipinski definition) is 3. The van der Waals surface area contributed by atoms with Crippen LogP contribution >= 0.6 is 0 Å². The summed E-state index contributed by atoms with van der Waals surface area (Å²) in [6.45, 7) is 3.97. The monoisotopic (exact) mass is 389 g/mol. The molecule has 1 aliphatic carbocycles. The number of aliphatic carboxylic acids is 1. The fourth-order valence-electron chi connectivity index (χ4n) is 3.30. The second-order valence-corrected chi connectivity index (χ2v) is 8.49. The molecule has 2 aromatic rings. The van der Waals surface area contributed by atoms with Gasteiger partial charge in [0.25, 0.3) is 0 Å². The quantitative estimate of drug-likeness (QED) is 0.790. The molecule has 1 aliphatic rings. The van der Waals surface area contributed by atoms with Gasteiger partial charge in [0.2, 0.25) is 10.0 Å². The van der Waals surface area contributed by atoms with E-state index >= 15 is 0 Å². The number of hydrogen-bond donors (Lipinski definition) is 2. The predicted octanol–water partition coefficient (Wildman–Crippen LogP) is 3.62. The van der Waals surface area contributed by atoms with Crippen LogP contribution in [0.4, 0.5) is 4.39 Å². The maximum atomic E-state index is 13.1. The Labute approximate surface area is 157 Å². The van der Waals surface area contributed by atoms with E-state index in [0.717, 1.165) is 23.3 Å². The van der Waals surface area contributed by atoms with Gasteiger partial charge in [0, 0.05) is 0 Å². The van der Waals surface area contributed by atoms with Crippen molar-refractivity contribution in [1.82, 2.24) is 4.72 Å². The number of sulfonamides is 1. The first kappa shape index (κ1) is 19.3. The van der Waals surface area contributed by atoms with E-state index in [-0.39, 0.29) is 17.2 Å². The summed E-state index contributed by atoms with van der Waals surface area (Å²) in [4.78, 5) is 11.3. The van der Waals surface area contributed by atoms with Gasteiger partial charge in [-0.2, -0.15) is 4.72 Å². The van der Waals surface area contributed by atoms with Gasteiger partial charge in [0.05, 0.1) is 17.4 Å². The minimum absolute atomic E-state index is 0.0321. The van der Waals surface area contributed by atoms with Crippen molar-refractivity contribution in [3.05, 3.63) is 70.5 Å². The Morgan fingerprint density at radius 2 is 1.85 bits per heavy atom. The van der Waals surface area contributed by atoms with Gasteiger partial charge in [-0.1, -0.05) is 38.1 Å². The van der Waals surface area contributed by atoms with Crippen LogP contribution in [0.5, 0.6) is 0 Å². The Balaban J connectivity index is 1.96. The lowest BCUT2D eigenvalue weighted by Crippen LogP contribution is -2.27. The number of carboxylic acid groups (broad SMARTS) is 1. The largest absolute Gasteiger partial charge is 0.481 e. The summed E-state index contributed by atoms with van der Waals surface area (Å²) in [6, 6.07) is 7.66. The molecule has 2 aromatic carbocycles. The average Bonchev–Trinajstić information content (AvgIpc) is 2.97. The third kappa shape index (κ3) is 3.94. The zero-order valence-electron chi connectivity index (χ0n) is 14.9. The molecular formula is C20H20FNO4S. The van der Waals surface area contributed by atoms with Crippen LogP contribution in [0, 0.1) is 5.82 Å². The molecule has 0 radical (unpaired) electrons. The molecule has 0 spiro atoms. The fraction of sp³-hybridized carbons (Fsp3) is 0.250. The van der Waals surface area contributed by atoms with Crippen molar-refractivity contribution < 1.29 is 22.7 Å². The second kappa shape index (κ2) is 7.25. The topological polar surface area (TPSA) is 83.5 Å². The fourth-order valence-corrected chi connectivity index (χ4v) is 4.48. The molecule has 0 aliphatic heterocycles. The molecule has 1 unspecified atom stereocenters. The molecule has 0 saturated carbocycles. The van der Waals surface area contributed by atoms with E-state index in [1.165, 1.54) is 12.1 Å². The summed E-state index contributed by atoms with van der Waals surface area (Å²) < 4.78 is 40.8. The van der Waals surface area contributed by atoms with Gasteiger partial charge in [-0.05, 0) is 52.4 Å². The molecule has 5 nitrogen and oxygen atoms in total. The van der Waals surface area contributed by atoms with Crippen LogP contribution in [0.25, 0.3) is 6.08 Å². The van der Waals surface area contributed by atoms with Gasteiger partial charge in [0.15, 0.2) is 0 Å².